The van der Waals surface area contributed by atoms with Gasteiger partial charge in [0, 0.05) is 37.3 Å². The SMILES string of the molecule is Cc1csc(=O)n1CC(=O)N(C)C1CCN(C(=O)OC(C)(C)C)CC1. The molecule has 1 aromatic heterocycles. The van der Waals surface area contributed by atoms with Crippen molar-refractivity contribution in [3.05, 3.63) is 20.7 Å². The maximum atomic E-state index is 12.5. The van der Waals surface area contributed by atoms with Crippen molar-refractivity contribution in [2.45, 2.75) is 58.7 Å². The molecule has 0 atom stereocenters. The summed E-state index contributed by atoms with van der Waals surface area (Å²) in [6.45, 7) is 8.56. The third-order valence-electron chi connectivity index (χ3n) is 4.33. The van der Waals surface area contributed by atoms with E-state index in [-0.39, 0.29) is 29.5 Å². The number of ether oxygens (including phenoxy) is 1. The van der Waals surface area contributed by atoms with Crippen LogP contribution in [0, 0.1) is 6.92 Å². The Morgan fingerprint density at radius 1 is 1.32 bits per heavy atom. The lowest BCUT2D eigenvalue weighted by Crippen LogP contribution is -2.49. The molecule has 8 heteroatoms. The van der Waals surface area contributed by atoms with E-state index in [1.54, 1.807) is 22.2 Å². The summed E-state index contributed by atoms with van der Waals surface area (Å²) in [5.74, 6) is -0.0840. The van der Waals surface area contributed by atoms with Crippen molar-refractivity contribution in [2.75, 3.05) is 20.1 Å². The molecular weight excluding hydrogens is 342 g/mol. The third-order valence-corrected chi connectivity index (χ3v) is 5.21. The number of nitrogens with zero attached hydrogens (tertiary/aromatic N) is 3. The van der Waals surface area contributed by atoms with Gasteiger partial charge in [-0.2, -0.15) is 0 Å². The molecule has 25 heavy (non-hydrogen) atoms. The lowest BCUT2D eigenvalue weighted by atomic mass is 10.0. The maximum absolute atomic E-state index is 12.5. The molecule has 1 aliphatic rings. The van der Waals surface area contributed by atoms with E-state index in [1.165, 1.54) is 4.57 Å². The first kappa shape index (κ1) is 19.5. The molecule has 0 aromatic carbocycles. The highest BCUT2D eigenvalue weighted by Gasteiger charge is 2.30. The molecule has 1 saturated heterocycles. The number of piperidine rings is 1. The zero-order valence-corrected chi connectivity index (χ0v) is 16.4. The number of hydrogen-bond donors (Lipinski definition) is 0. The minimum absolute atomic E-state index is 0.0664. The Kier molecular flexibility index (Phi) is 5.92. The van der Waals surface area contributed by atoms with Crippen LogP contribution in [0.15, 0.2) is 10.2 Å². The molecule has 0 radical (unpaired) electrons. The molecule has 1 aromatic rings. The average molecular weight is 369 g/mol. The van der Waals surface area contributed by atoms with Crippen LogP contribution in [0.2, 0.25) is 0 Å². The van der Waals surface area contributed by atoms with Crippen LogP contribution >= 0.6 is 11.3 Å². The predicted molar refractivity (Wildman–Crippen MR) is 96.9 cm³/mol. The van der Waals surface area contributed by atoms with Crippen molar-refractivity contribution >= 4 is 23.3 Å². The van der Waals surface area contributed by atoms with Crippen LogP contribution in [0.3, 0.4) is 0 Å². The Balaban J connectivity index is 1.88. The van der Waals surface area contributed by atoms with Crippen LogP contribution in [-0.4, -0.2) is 58.1 Å². The van der Waals surface area contributed by atoms with Crippen molar-refractivity contribution in [2.24, 2.45) is 0 Å². The number of thiazole rings is 1. The first-order valence-corrected chi connectivity index (χ1v) is 9.35. The van der Waals surface area contributed by atoms with Gasteiger partial charge in [-0.3, -0.25) is 14.2 Å². The molecule has 0 saturated carbocycles. The summed E-state index contributed by atoms with van der Waals surface area (Å²) >= 11 is 1.11. The highest BCUT2D eigenvalue weighted by Crippen LogP contribution is 2.19. The van der Waals surface area contributed by atoms with Crippen LogP contribution in [0.25, 0.3) is 0 Å². The Labute approximate surface area is 152 Å². The highest BCUT2D eigenvalue weighted by molar-refractivity contribution is 7.07. The topological polar surface area (TPSA) is 71.9 Å². The first-order chi connectivity index (χ1) is 11.6. The fourth-order valence-corrected chi connectivity index (χ4v) is 3.54. The van der Waals surface area contributed by atoms with Gasteiger partial charge in [0.25, 0.3) is 0 Å². The van der Waals surface area contributed by atoms with Gasteiger partial charge in [0.05, 0.1) is 0 Å². The van der Waals surface area contributed by atoms with Crippen molar-refractivity contribution in [1.29, 1.82) is 0 Å². The molecule has 0 N–H and O–H groups in total. The third kappa shape index (κ3) is 5.07. The van der Waals surface area contributed by atoms with E-state index in [9.17, 15) is 14.4 Å². The molecule has 2 amide bonds. The van der Waals surface area contributed by atoms with Crippen molar-refractivity contribution in [1.82, 2.24) is 14.4 Å². The lowest BCUT2D eigenvalue weighted by Gasteiger charge is -2.37. The molecular formula is C17H27N3O4S. The van der Waals surface area contributed by atoms with Gasteiger partial charge in [-0.15, -0.1) is 0 Å². The van der Waals surface area contributed by atoms with E-state index in [0.29, 0.717) is 25.9 Å². The zero-order chi connectivity index (χ0) is 18.8. The van der Waals surface area contributed by atoms with Crippen molar-refractivity contribution in [3.8, 4) is 0 Å². The molecule has 1 fully saturated rings. The summed E-state index contributed by atoms with van der Waals surface area (Å²) in [6, 6.07) is 0.0702. The second-order valence-corrected chi connectivity index (χ2v) is 8.25. The molecule has 2 rings (SSSR count). The van der Waals surface area contributed by atoms with Crippen molar-refractivity contribution < 1.29 is 14.3 Å². The summed E-state index contributed by atoms with van der Waals surface area (Å²) in [5.41, 5.74) is 0.295. The number of amides is 2. The number of carbonyl (C=O) groups excluding carboxylic acids is 2. The molecule has 0 aliphatic carbocycles. The Hall–Kier alpha value is -1.83. The van der Waals surface area contributed by atoms with Gasteiger partial charge in [0.2, 0.25) is 5.91 Å². The Morgan fingerprint density at radius 3 is 2.40 bits per heavy atom. The summed E-state index contributed by atoms with van der Waals surface area (Å²) in [5, 5.41) is 1.76. The van der Waals surface area contributed by atoms with Gasteiger partial charge in [-0.1, -0.05) is 11.3 Å². The summed E-state index contributed by atoms with van der Waals surface area (Å²) in [6.07, 6.45) is 1.11. The average Bonchev–Trinajstić information content (AvgIpc) is 2.84. The summed E-state index contributed by atoms with van der Waals surface area (Å²) in [4.78, 5) is 39.6. The molecule has 0 unspecified atom stereocenters. The summed E-state index contributed by atoms with van der Waals surface area (Å²) < 4.78 is 6.89. The second kappa shape index (κ2) is 7.59. The van der Waals surface area contributed by atoms with Crippen LogP contribution in [0.5, 0.6) is 0 Å². The molecule has 2 heterocycles. The monoisotopic (exact) mass is 369 g/mol. The van der Waals surface area contributed by atoms with Crippen LogP contribution < -0.4 is 4.87 Å². The lowest BCUT2D eigenvalue weighted by molar-refractivity contribution is -0.133. The quantitative estimate of drug-likeness (QED) is 0.818. The van der Waals surface area contributed by atoms with E-state index >= 15 is 0 Å². The van der Waals surface area contributed by atoms with Crippen molar-refractivity contribution in [3.63, 3.8) is 0 Å². The largest absolute Gasteiger partial charge is 0.444 e. The van der Waals surface area contributed by atoms with Gasteiger partial charge in [0.1, 0.15) is 12.1 Å². The Morgan fingerprint density at radius 2 is 1.92 bits per heavy atom. The van der Waals surface area contributed by atoms with Gasteiger partial charge in [-0.25, -0.2) is 4.79 Å². The minimum Gasteiger partial charge on any atom is -0.444 e. The molecule has 140 valence electrons. The Bertz CT molecular complexity index is 681. The second-order valence-electron chi connectivity index (χ2n) is 7.43. The number of likely N-dealkylation sites (N-methyl/N-ethyl adjacent to an activating group) is 1. The van der Waals surface area contributed by atoms with Crippen LogP contribution in [0.1, 0.15) is 39.3 Å². The smallest absolute Gasteiger partial charge is 0.410 e. The fraction of sp³-hybridized carbons (Fsp3) is 0.706. The van der Waals surface area contributed by atoms with E-state index < -0.39 is 5.60 Å². The maximum Gasteiger partial charge on any atom is 0.410 e. The van der Waals surface area contributed by atoms with E-state index in [0.717, 1.165) is 17.0 Å². The number of hydrogen-bond acceptors (Lipinski definition) is 5. The molecule has 7 nitrogen and oxygen atoms in total. The van der Waals surface area contributed by atoms with E-state index in [2.05, 4.69) is 0 Å². The molecule has 0 spiro atoms. The van der Waals surface area contributed by atoms with Gasteiger partial charge < -0.3 is 14.5 Å². The number of carbonyl (C=O) groups is 2. The zero-order valence-electron chi connectivity index (χ0n) is 15.6. The highest BCUT2D eigenvalue weighted by atomic mass is 32.1. The van der Waals surface area contributed by atoms with Gasteiger partial charge in [0.15, 0.2) is 0 Å². The number of rotatable bonds is 3. The normalized spacial score (nSPS) is 16.0. The van der Waals surface area contributed by atoms with Crippen LogP contribution in [-0.2, 0) is 16.1 Å². The summed E-state index contributed by atoms with van der Waals surface area (Å²) in [7, 11) is 1.77. The van der Waals surface area contributed by atoms with Gasteiger partial charge in [-0.05, 0) is 40.5 Å². The van der Waals surface area contributed by atoms with Gasteiger partial charge >= 0.3 is 11.0 Å². The fourth-order valence-electron chi connectivity index (χ4n) is 2.81. The number of aryl methyl sites for hydroxylation is 1. The number of likely N-dealkylation sites (tertiary alicyclic amines) is 1. The standard InChI is InChI=1S/C17H27N3O4S/c1-12-11-25-16(23)20(12)10-14(21)18(5)13-6-8-19(9-7-13)15(22)24-17(2,3)4/h11,13H,6-10H2,1-5H3. The molecule has 1 aliphatic heterocycles. The first-order valence-electron chi connectivity index (χ1n) is 8.47. The van der Waals surface area contributed by atoms with E-state index in [4.69, 9.17) is 4.74 Å². The van der Waals surface area contributed by atoms with Crippen LogP contribution in [0.4, 0.5) is 4.79 Å². The molecule has 0 bridgehead atoms. The number of aromatic nitrogens is 1. The van der Waals surface area contributed by atoms with E-state index in [1.807, 2.05) is 27.7 Å². The predicted octanol–water partition coefficient (Wildman–Crippen LogP) is 2.08. The minimum atomic E-state index is -0.508.